The number of amides is 1. The molecule has 0 aromatic carbocycles. The summed E-state index contributed by atoms with van der Waals surface area (Å²) in [5, 5.41) is 2.99. The molecule has 1 aliphatic rings. The number of hydrogen-bond donors (Lipinski definition) is 1. The van der Waals surface area contributed by atoms with Crippen LogP contribution in [-0.4, -0.2) is 42.0 Å². The molecular formula is C12H21F3N2O2. The van der Waals surface area contributed by atoms with Crippen LogP contribution in [0.5, 0.6) is 0 Å². The Balaban J connectivity index is 2.69. The quantitative estimate of drug-likeness (QED) is 0.792. The van der Waals surface area contributed by atoms with Crippen LogP contribution in [0.4, 0.5) is 18.0 Å². The third-order valence-corrected chi connectivity index (χ3v) is 2.74. The van der Waals surface area contributed by atoms with Crippen LogP contribution >= 0.6 is 0 Å². The number of rotatable bonds is 2. The predicted octanol–water partition coefficient (Wildman–Crippen LogP) is 2.89. The first-order valence-corrected chi connectivity index (χ1v) is 6.40. The molecule has 1 aliphatic heterocycles. The van der Waals surface area contributed by atoms with Gasteiger partial charge in [-0.25, -0.2) is 9.69 Å². The first-order valence-electron chi connectivity index (χ1n) is 6.40. The average molecular weight is 282 g/mol. The van der Waals surface area contributed by atoms with Gasteiger partial charge in [0.2, 0.25) is 0 Å². The SMILES string of the molecule is CC(C)(C)OC(=O)N(C[C@@H]1CCCCN1)C(F)(F)F. The Hall–Kier alpha value is -0.980. The minimum absolute atomic E-state index is 0.152. The van der Waals surface area contributed by atoms with Crippen molar-refractivity contribution in [3.63, 3.8) is 0 Å². The highest BCUT2D eigenvalue weighted by Gasteiger charge is 2.44. The fourth-order valence-corrected chi connectivity index (χ4v) is 1.90. The topological polar surface area (TPSA) is 41.6 Å². The average Bonchev–Trinajstić information content (AvgIpc) is 2.23. The lowest BCUT2D eigenvalue weighted by Gasteiger charge is -2.33. The van der Waals surface area contributed by atoms with Gasteiger partial charge in [-0.1, -0.05) is 6.42 Å². The maximum Gasteiger partial charge on any atom is 0.489 e. The summed E-state index contributed by atoms with van der Waals surface area (Å²) in [7, 11) is 0. The van der Waals surface area contributed by atoms with Crippen molar-refractivity contribution in [3.05, 3.63) is 0 Å². The molecule has 0 aliphatic carbocycles. The Kier molecular flexibility index (Phi) is 5.06. The molecule has 0 spiro atoms. The van der Waals surface area contributed by atoms with Crippen LogP contribution < -0.4 is 5.32 Å². The molecule has 1 rings (SSSR count). The molecule has 1 saturated heterocycles. The second kappa shape index (κ2) is 5.98. The Labute approximate surface area is 111 Å². The monoisotopic (exact) mass is 282 g/mol. The number of halogens is 3. The van der Waals surface area contributed by atoms with Gasteiger partial charge < -0.3 is 10.1 Å². The molecule has 1 atom stereocenters. The van der Waals surface area contributed by atoms with Crippen molar-refractivity contribution < 1.29 is 22.7 Å². The Bertz CT molecular complexity index is 307. The summed E-state index contributed by atoms with van der Waals surface area (Å²) in [6.07, 6.45) is -3.60. The Morgan fingerprint density at radius 2 is 1.95 bits per heavy atom. The van der Waals surface area contributed by atoms with E-state index < -0.39 is 24.5 Å². The summed E-state index contributed by atoms with van der Waals surface area (Å²) in [4.78, 5) is 11.5. The number of hydrogen-bond acceptors (Lipinski definition) is 3. The van der Waals surface area contributed by atoms with Crippen molar-refractivity contribution in [2.45, 2.75) is 58.0 Å². The third kappa shape index (κ3) is 5.67. The molecule has 7 heteroatoms. The molecule has 0 aromatic rings. The van der Waals surface area contributed by atoms with Gasteiger partial charge in [-0.05, 0) is 40.2 Å². The van der Waals surface area contributed by atoms with Crippen LogP contribution in [-0.2, 0) is 4.74 Å². The van der Waals surface area contributed by atoms with E-state index in [4.69, 9.17) is 4.74 Å². The molecular weight excluding hydrogens is 261 g/mol. The van der Waals surface area contributed by atoms with E-state index in [0.29, 0.717) is 13.0 Å². The van der Waals surface area contributed by atoms with E-state index in [-0.39, 0.29) is 10.9 Å². The summed E-state index contributed by atoms with van der Waals surface area (Å²) in [6, 6.07) is -0.331. The summed E-state index contributed by atoms with van der Waals surface area (Å²) in [5.41, 5.74) is -0.944. The molecule has 0 saturated carbocycles. The maximum atomic E-state index is 12.9. The summed E-state index contributed by atoms with van der Waals surface area (Å²) >= 11 is 0. The van der Waals surface area contributed by atoms with E-state index in [0.717, 1.165) is 12.8 Å². The number of carbonyl (C=O) groups excluding carboxylic acids is 1. The van der Waals surface area contributed by atoms with E-state index in [9.17, 15) is 18.0 Å². The largest absolute Gasteiger partial charge is 0.489 e. The van der Waals surface area contributed by atoms with Crippen molar-refractivity contribution in [1.29, 1.82) is 0 Å². The van der Waals surface area contributed by atoms with Gasteiger partial charge >= 0.3 is 12.4 Å². The maximum absolute atomic E-state index is 12.9. The third-order valence-electron chi connectivity index (χ3n) is 2.74. The molecule has 19 heavy (non-hydrogen) atoms. The fourth-order valence-electron chi connectivity index (χ4n) is 1.90. The second-order valence-electron chi connectivity index (χ2n) is 5.71. The van der Waals surface area contributed by atoms with Crippen molar-refractivity contribution in [2.24, 2.45) is 0 Å². The highest BCUT2D eigenvalue weighted by molar-refractivity contribution is 5.68. The fraction of sp³-hybridized carbons (Fsp3) is 0.917. The van der Waals surface area contributed by atoms with Gasteiger partial charge in [-0.2, -0.15) is 0 Å². The van der Waals surface area contributed by atoms with E-state index in [1.54, 1.807) is 0 Å². The Morgan fingerprint density at radius 1 is 1.32 bits per heavy atom. The normalized spacial score (nSPS) is 21.1. The van der Waals surface area contributed by atoms with Crippen molar-refractivity contribution in [1.82, 2.24) is 10.2 Å². The van der Waals surface area contributed by atoms with Crippen LogP contribution in [0.3, 0.4) is 0 Å². The smallest absolute Gasteiger partial charge is 0.444 e. The van der Waals surface area contributed by atoms with E-state index in [1.807, 2.05) is 0 Å². The zero-order valence-corrected chi connectivity index (χ0v) is 11.5. The molecule has 1 amide bonds. The van der Waals surface area contributed by atoms with Gasteiger partial charge in [0.05, 0.1) is 0 Å². The molecule has 0 aromatic heterocycles. The molecule has 4 nitrogen and oxygen atoms in total. The van der Waals surface area contributed by atoms with Gasteiger partial charge in [-0.15, -0.1) is 13.2 Å². The molecule has 0 radical (unpaired) electrons. The highest BCUT2D eigenvalue weighted by Crippen LogP contribution is 2.25. The van der Waals surface area contributed by atoms with Crippen molar-refractivity contribution in [3.8, 4) is 0 Å². The molecule has 1 N–H and O–H groups in total. The molecule has 1 fully saturated rings. The number of alkyl halides is 3. The lowest BCUT2D eigenvalue weighted by atomic mass is 10.0. The predicted molar refractivity (Wildman–Crippen MR) is 64.6 cm³/mol. The van der Waals surface area contributed by atoms with Gasteiger partial charge in [0.15, 0.2) is 0 Å². The van der Waals surface area contributed by atoms with Crippen LogP contribution in [0, 0.1) is 0 Å². The Morgan fingerprint density at radius 3 is 2.37 bits per heavy atom. The minimum atomic E-state index is -4.72. The zero-order valence-electron chi connectivity index (χ0n) is 11.5. The molecule has 0 unspecified atom stereocenters. The summed E-state index contributed by atoms with van der Waals surface area (Å²) in [5.74, 6) is 0. The first-order chi connectivity index (χ1) is 8.59. The molecule has 0 bridgehead atoms. The van der Waals surface area contributed by atoms with Crippen molar-refractivity contribution >= 4 is 6.09 Å². The van der Waals surface area contributed by atoms with Crippen LogP contribution in [0.25, 0.3) is 0 Å². The van der Waals surface area contributed by atoms with Crippen molar-refractivity contribution in [2.75, 3.05) is 13.1 Å². The van der Waals surface area contributed by atoms with Crippen LogP contribution in [0.2, 0.25) is 0 Å². The van der Waals surface area contributed by atoms with Crippen LogP contribution in [0.15, 0.2) is 0 Å². The first kappa shape index (κ1) is 16.1. The second-order valence-corrected chi connectivity index (χ2v) is 5.71. The van der Waals surface area contributed by atoms with E-state index in [2.05, 4.69) is 5.32 Å². The summed E-state index contributed by atoms with van der Waals surface area (Å²) < 4.78 is 43.5. The number of nitrogens with zero attached hydrogens (tertiary/aromatic N) is 1. The zero-order chi connectivity index (χ0) is 14.7. The number of ether oxygens (including phenoxy) is 1. The van der Waals surface area contributed by atoms with E-state index in [1.165, 1.54) is 20.8 Å². The van der Waals surface area contributed by atoms with Gasteiger partial charge in [-0.3, -0.25) is 0 Å². The number of piperidine rings is 1. The number of nitrogens with one attached hydrogen (secondary N) is 1. The van der Waals surface area contributed by atoms with Gasteiger partial charge in [0.1, 0.15) is 5.60 Å². The molecule has 112 valence electrons. The number of carbonyl (C=O) groups is 1. The van der Waals surface area contributed by atoms with Gasteiger partial charge in [0.25, 0.3) is 0 Å². The standard InChI is InChI=1S/C12H21F3N2O2/c1-11(2,3)19-10(18)17(12(13,14)15)8-9-6-4-5-7-16-9/h9,16H,4-8H2,1-3H3/t9-/m0/s1. The highest BCUT2D eigenvalue weighted by atomic mass is 19.4. The molecule has 1 heterocycles. The summed E-state index contributed by atoms with van der Waals surface area (Å²) in [6.45, 7) is 4.90. The minimum Gasteiger partial charge on any atom is -0.444 e. The lowest BCUT2D eigenvalue weighted by molar-refractivity contribution is -0.234. The van der Waals surface area contributed by atoms with Crippen LogP contribution in [0.1, 0.15) is 40.0 Å². The van der Waals surface area contributed by atoms with E-state index >= 15 is 0 Å². The van der Waals surface area contributed by atoms with Gasteiger partial charge in [0, 0.05) is 12.6 Å². The lowest BCUT2D eigenvalue weighted by Crippen LogP contribution is -2.52.